The Morgan fingerprint density at radius 2 is 1.80 bits per heavy atom. The summed E-state index contributed by atoms with van der Waals surface area (Å²) in [5, 5.41) is 22.0. The van der Waals surface area contributed by atoms with Gasteiger partial charge in [0.15, 0.2) is 5.72 Å². The summed E-state index contributed by atoms with van der Waals surface area (Å²) in [4.78, 5) is 28.7. The number of hydrogen-bond donors (Lipinski definition) is 3. The van der Waals surface area contributed by atoms with E-state index in [1.165, 1.54) is 19.2 Å². The zero-order valence-corrected chi connectivity index (χ0v) is 25.6. The van der Waals surface area contributed by atoms with Gasteiger partial charge in [0.2, 0.25) is 0 Å². The lowest BCUT2D eigenvalue weighted by molar-refractivity contribution is -0.137. The molecule has 0 spiro atoms. The molecule has 3 N–H and O–H groups in total. The Labute approximate surface area is 269 Å². The monoisotopic (exact) mass is 720 g/mol. The number of benzene rings is 4. The van der Waals surface area contributed by atoms with Gasteiger partial charge in [-0.3, -0.25) is 19.6 Å². The number of halogens is 7. The average molecular weight is 722 g/mol. The third-order valence-electron chi connectivity index (χ3n) is 7.54. The zero-order chi connectivity index (χ0) is 33.1. The minimum Gasteiger partial charge on any atom is -0.497 e. The van der Waals surface area contributed by atoms with Crippen molar-refractivity contribution in [3.63, 3.8) is 0 Å². The summed E-state index contributed by atoms with van der Waals surface area (Å²) in [6.45, 7) is -0.264. The molecule has 15 heteroatoms. The van der Waals surface area contributed by atoms with E-state index in [2.05, 4.69) is 31.4 Å². The number of H-pyrrole nitrogens is 1. The molecule has 1 atom stereocenters. The molecular weight excluding hydrogens is 703 g/mol. The summed E-state index contributed by atoms with van der Waals surface area (Å²) >= 11 is 9.78. The average Bonchev–Trinajstić information content (AvgIpc) is 3.48. The number of nitrogens with one attached hydrogen (secondary N) is 2. The highest BCUT2D eigenvalue weighted by molar-refractivity contribution is 9.10. The fourth-order valence-electron chi connectivity index (χ4n) is 5.43. The number of carbonyl (C=O) groups is 2. The number of aromatic amines is 1. The Kier molecular flexibility index (Phi) is 7.77. The van der Waals surface area contributed by atoms with Crippen molar-refractivity contribution in [2.24, 2.45) is 0 Å². The molecule has 1 unspecified atom stereocenters. The molecule has 0 fully saturated rings. The van der Waals surface area contributed by atoms with E-state index in [1.54, 1.807) is 24.3 Å². The molecule has 46 heavy (non-hydrogen) atoms. The number of aliphatic hydroxyl groups is 1. The minimum atomic E-state index is -4.96. The quantitative estimate of drug-likeness (QED) is 0.159. The maximum atomic E-state index is 14.7. The van der Waals surface area contributed by atoms with Crippen LogP contribution in [0.2, 0.25) is 5.02 Å². The summed E-state index contributed by atoms with van der Waals surface area (Å²) in [6.07, 6.45) is -4.96. The Hall–Kier alpha value is -4.53. The van der Waals surface area contributed by atoms with E-state index in [1.807, 2.05) is 0 Å². The molecule has 8 nitrogen and oxygen atoms in total. The minimum absolute atomic E-state index is 0.0539. The molecule has 236 valence electrons. The van der Waals surface area contributed by atoms with Crippen molar-refractivity contribution in [1.29, 1.82) is 0 Å². The summed E-state index contributed by atoms with van der Waals surface area (Å²) in [5.74, 6) is -3.60. The van der Waals surface area contributed by atoms with E-state index in [0.717, 1.165) is 17.0 Å². The van der Waals surface area contributed by atoms with Gasteiger partial charge in [0, 0.05) is 33.6 Å². The molecule has 1 aliphatic rings. The predicted octanol–water partition coefficient (Wildman–Crippen LogP) is 7.39. The molecule has 1 aliphatic heterocycles. The van der Waals surface area contributed by atoms with Crippen molar-refractivity contribution in [1.82, 2.24) is 15.1 Å². The number of aromatic nitrogens is 2. The molecule has 0 bridgehead atoms. The van der Waals surface area contributed by atoms with Gasteiger partial charge in [-0.1, -0.05) is 23.7 Å². The number of fused-ring (bicyclic) bond motifs is 3. The zero-order valence-electron chi connectivity index (χ0n) is 23.3. The van der Waals surface area contributed by atoms with Crippen LogP contribution in [0.5, 0.6) is 5.75 Å². The molecule has 2 amide bonds. The van der Waals surface area contributed by atoms with Gasteiger partial charge < -0.3 is 15.2 Å². The van der Waals surface area contributed by atoms with E-state index in [4.69, 9.17) is 16.3 Å². The number of ether oxygens (including phenoxy) is 1. The number of rotatable bonds is 6. The van der Waals surface area contributed by atoms with Crippen LogP contribution < -0.4 is 10.1 Å². The number of anilines is 1. The van der Waals surface area contributed by atoms with E-state index in [-0.39, 0.29) is 55.5 Å². The number of carbonyl (C=O) groups excluding carboxylic acids is 2. The first-order valence-corrected chi connectivity index (χ1v) is 14.4. The third kappa shape index (κ3) is 5.25. The second-order valence-electron chi connectivity index (χ2n) is 10.3. The van der Waals surface area contributed by atoms with E-state index in [9.17, 15) is 36.6 Å². The summed E-state index contributed by atoms with van der Waals surface area (Å²) in [7, 11) is 1.47. The molecular formula is C31H19BrClF5N4O4. The molecule has 1 aromatic heterocycles. The molecule has 4 aromatic carbocycles. The Balaban J connectivity index is 1.58. The van der Waals surface area contributed by atoms with Gasteiger partial charge in [-0.05, 0) is 76.1 Å². The van der Waals surface area contributed by atoms with E-state index >= 15 is 0 Å². The van der Waals surface area contributed by atoms with Crippen LogP contribution in [0.4, 0.5) is 27.6 Å². The second kappa shape index (κ2) is 11.4. The fourth-order valence-corrected chi connectivity index (χ4v) is 6.07. The second-order valence-corrected chi connectivity index (χ2v) is 11.5. The highest BCUT2D eigenvalue weighted by atomic mass is 79.9. The third-order valence-corrected chi connectivity index (χ3v) is 8.47. The van der Waals surface area contributed by atoms with Gasteiger partial charge in [0.25, 0.3) is 11.8 Å². The van der Waals surface area contributed by atoms with E-state index in [0.29, 0.717) is 23.4 Å². The Bertz CT molecular complexity index is 2050. The van der Waals surface area contributed by atoms with Crippen molar-refractivity contribution >= 4 is 55.9 Å². The molecule has 0 saturated heterocycles. The standard InChI is InChI=1S/C31H19BrClF5N4O4/c1-46-19-5-2-14(3-6-19)13-42-29(44)24-25(30(42,45)21-11-17(34)4-7-22(21)33)23(12-20-26(24)40-41-27(20)32)39-28(43)15-8-16(31(36,37)38)10-18(35)9-15/h2-12,45H,13H2,1H3,(H,39,43)(H,40,41). The van der Waals surface area contributed by atoms with Crippen molar-refractivity contribution in [2.45, 2.75) is 18.4 Å². The number of nitrogens with zero attached hydrogens (tertiary/aromatic N) is 2. The van der Waals surface area contributed by atoms with Gasteiger partial charge in [-0.25, -0.2) is 8.78 Å². The predicted molar refractivity (Wildman–Crippen MR) is 160 cm³/mol. The smallest absolute Gasteiger partial charge is 0.416 e. The van der Waals surface area contributed by atoms with Crippen LogP contribution in [0.3, 0.4) is 0 Å². The van der Waals surface area contributed by atoms with Gasteiger partial charge in [-0.15, -0.1) is 0 Å². The molecule has 0 aliphatic carbocycles. The number of hydrogen-bond acceptors (Lipinski definition) is 5. The number of alkyl halides is 3. The van der Waals surface area contributed by atoms with Gasteiger partial charge in [0.05, 0.1) is 23.9 Å². The van der Waals surface area contributed by atoms with Crippen molar-refractivity contribution in [3.05, 3.63) is 121 Å². The summed E-state index contributed by atoms with van der Waals surface area (Å²) in [5.41, 5.74) is -5.13. The molecule has 6 rings (SSSR count). The molecule has 0 radical (unpaired) electrons. The summed E-state index contributed by atoms with van der Waals surface area (Å²) in [6, 6.07) is 12.3. The summed E-state index contributed by atoms with van der Waals surface area (Å²) < 4.78 is 74.7. The lowest BCUT2D eigenvalue weighted by atomic mass is 9.90. The van der Waals surface area contributed by atoms with Crippen LogP contribution in [-0.4, -0.2) is 39.1 Å². The van der Waals surface area contributed by atoms with Gasteiger partial charge in [-0.2, -0.15) is 18.3 Å². The van der Waals surface area contributed by atoms with Crippen molar-refractivity contribution < 1.29 is 41.4 Å². The Morgan fingerprint density at radius 1 is 1.09 bits per heavy atom. The van der Waals surface area contributed by atoms with Crippen molar-refractivity contribution in [2.75, 3.05) is 12.4 Å². The maximum absolute atomic E-state index is 14.7. The van der Waals surface area contributed by atoms with Crippen LogP contribution >= 0.6 is 27.5 Å². The highest BCUT2D eigenvalue weighted by Gasteiger charge is 2.54. The van der Waals surface area contributed by atoms with Crippen LogP contribution in [0.15, 0.2) is 71.3 Å². The molecule has 2 heterocycles. The highest BCUT2D eigenvalue weighted by Crippen LogP contribution is 2.51. The van der Waals surface area contributed by atoms with Crippen LogP contribution in [-0.2, 0) is 18.4 Å². The lowest BCUT2D eigenvalue weighted by Crippen LogP contribution is -2.44. The Morgan fingerprint density at radius 3 is 2.48 bits per heavy atom. The topological polar surface area (TPSA) is 108 Å². The van der Waals surface area contributed by atoms with Crippen molar-refractivity contribution in [3.8, 4) is 5.75 Å². The SMILES string of the molecule is COc1ccc(CN2C(=O)c3c(c(NC(=O)c4cc(F)cc(C(F)(F)F)c4)cc4c(Br)[nH]nc34)C2(O)c2cc(F)ccc2Cl)cc1. The number of methoxy groups -OCH3 is 1. The van der Waals surface area contributed by atoms with Crippen LogP contribution in [0, 0.1) is 11.6 Å². The first kappa shape index (κ1) is 31.5. The largest absolute Gasteiger partial charge is 0.497 e. The van der Waals surface area contributed by atoms with Crippen LogP contribution in [0.1, 0.15) is 43.0 Å². The molecule has 0 saturated carbocycles. The van der Waals surface area contributed by atoms with E-state index < -0.39 is 46.5 Å². The fraction of sp³-hybridized carbons (Fsp3) is 0.129. The first-order valence-electron chi connectivity index (χ1n) is 13.3. The van der Waals surface area contributed by atoms with Gasteiger partial charge in [0.1, 0.15) is 27.5 Å². The maximum Gasteiger partial charge on any atom is 0.416 e. The lowest BCUT2D eigenvalue weighted by Gasteiger charge is -2.36. The molecule has 5 aromatic rings. The number of amides is 2. The van der Waals surface area contributed by atoms with Gasteiger partial charge >= 0.3 is 6.18 Å². The first-order chi connectivity index (χ1) is 21.7. The normalized spacial score (nSPS) is 16.2. The van der Waals surface area contributed by atoms with Crippen LogP contribution in [0.25, 0.3) is 10.9 Å².